The van der Waals surface area contributed by atoms with E-state index in [2.05, 4.69) is 0 Å². The van der Waals surface area contributed by atoms with Gasteiger partial charge in [-0.05, 0) is 30.3 Å². The number of hydrogen-bond donors (Lipinski definition) is 1. The first-order chi connectivity index (χ1) is 8.63. The maximum Gasteiger partial charge on any atom is 0.125 e. The number of rotatable bonds is 2. The van der Waals surface area contributed by atoms with E-state index < -0.39 is 0 Å². The summed E-state index contributed by atoms with van der Waals surface area (Å²) in [4.78, 5) is 1.75. The third kappa shape index (κ3) is 2.11. The van der Waals surface area contributed by atoms with Crippen molar-refractivity contribution in [3.8, 4) is 6.07 Å². The maximum absolute atomic E-state index is 13.2. The van der Waals surface area contributed by atoms with Gasteiger partial charge in [0.25, 0.3) is 0 Å². The number of anilines is 3. The number of halogens is 1. The van der Waals surface area contributed by atoms with Crippen molar-refractivity contribution in [2.45, 2.75) is 0 Å². The molecule has 0 heterocycles. The van der Waals surface area contributed by atoms with Crippen molar-refractivity contribution in [1.29, 1.82) is 5.26 Å². The van der Waals surface area contributed by atoms with Crippen molar-refractivity contribution < 1.29 is 4.39 Å². The number of nitrogens with zero attached hydrogens (tertiary/aromatic N) is 2. The first-order valence-corrected chi connectivity index (χ1v) is 5.41. The lowest BCUT2D eigenvalue weighted by Gasteiger charge is -2.21. The SMILES string of the molecule is CN(c1cccc(F)c1)c1cccc(C#N)c1N. The number of para-hydroxylation sites is 1. The fourth-order valence-electron chi connectivity index (χ4n) is 1.77. The Bertz CT molecular complexity index is 617. The third-order valence-electron chi connectivity index (χ3n) is 2.76. The van der Waals surface area contributed by atoms with E-state index in [-0.39, 0.29) is 5.82 Å². The predicted octanol–water partition coefficient (Wildman–Crippen LogP) is 3.05. The number of nitrogens with two attached hydrogens (primary N) is 1. The fourth-order valence-corrected chi connectivity index (χ4v) is 1.77. The highest BCUT2D eigenvalue weighted by molar-refractivity contribution is 5.78. The van der Waals surface area contributed by atoms with Gasteiger partial charge in [0.2, 0.25) is 0 Å². The second-order valence-corrected chi connectivity index (χ2v) is 3.89. The highest BCUT2D eigenvalue weighted by Crippen LogP contribution is 2.30. The van der Waals surface area contributed by atoms with Crippen LogP contribution in [0.15, 0.2) is 42.5 Å². The van der Waals surface area contributed by atoms with Crippen LogP contribution in [0.3, 0.4) is 0 Å². The van der Waals surface area contributed by atoms with E-state index in [1.807, 2.05) is 6.07 Å². The highest BCUT2D eigenvalue weighted by Gasteiger charge is 2.10. The smallest absolute Gasteiger partial charge is 0.125 e. The van der Waals surface area contributed by atoms with E-state index in [9.17, 15) is 4.39 Å². The van der Waals surface area contributed by atoms with Crippen molar-refractivity contribution in [3.05, 3.63) is 53.8 Å². The molecule has 0 amide bonds. The van der Waals surface area contributed by atoms with Gasteiger partial charge < -0.3 is 10.6 Å². The molecule has 2 aromatic rings. The van der Waals surface area contributed by atoms with Crippen LogP contribution in [0.4, 0.5) is 21.5 Å². The molecule has 2 aromatic carbocycles. The lowest BCUT2D eigenvalue weighted by Crippen LogP contribution is -2.12. The minimum Gasteiger partial charge on any atom is -0.396 e. The molecule has 3 nitrogen and oxygen atoms in total. The van der Waals surface area contributed by atoms with Gasteiger partial charge in [0.15, 0.2) is 0 Å². The molecule has 2 N–H and O–H groups in total. The van der Waals surface area contributed by atoms with Gasteiger partial charge in [-0.1, -0.05) is 12.1 Å². The van der Waals surface area contributed by atoms with Crippen LogP contribution in [0.2, 0.25) is 0 Å². The summed E-state index contributed by atoms with van der Waals surface area (Å²) in [7, 11) is 1.78. The van der Waals surface area contributed by atoms with Crippen LogP contribution in [0.1, 0.15) is 5.56 Å². The molecule has 0 radical (unpaired) electrons. The molecule has 0 aliphatic rings. The van der Waals surface area contributed by atoms with E-state index in [1.54, 1.807) is 42.3 Å². The summed E-state index contributed by atoms with van der Waals surface area (Å²) < 4.78 is 13.2. The summed E-state index contributed by atoms with van der Waals surface area (Å²) in [5.41, 5.74) is 8.08. The molecule has 0 bridgehead atoms. The van der Waals surface area contributed by atoms with E-state index in [1.165, 1.54) is 12.1 Å². The van der Waals surface area contributed by atoms with Gasteiger partial charge in [-0.2, -0.15) is 5.26 Å². The van der Waals surface area contributed by atoms with Crippen molar-refractivity contribution >= 4 is 17.1 Å². The fraction of sp³-hybridized carbons (Fsp3) is 0.0714. The second kappa shape index (κ2) is 4.76. The van der Waals surface area contributed by atoms with Gasteiger partial charge in [-0.3, -0.25) is 0 Å². The van der Waals surface area contributed by atoms with Gasteiger partial charge >= 0.3 is 0 Å². The first-order valence-electron chi connectivity index (χ1n) is 5.41. The van der Waals surface area contributed by atoms with E-state index in [0.717, 1.165) is 0 Å². The van der Waals surface area contributed by atoms with Gasteiger partial charge in [-0.25, -0.2) is 4.39 Å². The molecule has 18 heavy (non-hydrogen) atoms. The standard InChI is InChI=1S/C14H12FN3/c1-18(12-6-3-5-11(15)8-12)13-7-2-4-10(9-16)14(13)17/h2-8H,17H2,1H3. The lowest BCUT2D eigenvalue weighted by molar-refractivity contribution is 0.628. The average molecular weight is 241 g/mol. The van der Waals surface area contributed by atoms with Crippen LogP contribution in [0.5, 0.6) is 0 Å². The zero-order valence-electron chi connectivity index (χ0n) is 9.89. The Morgan fingerprint density at radius 3 is 2.61 bits per heavy atom. The summed E-state index contributed by atoms with van der Waals surface area (Å²) >= 11 is 0. The minimum absolute atomic E-state index is 0.311. The van der Waals surface area contributed by atoms with Crippen LogP contribution in [0, 0.1) is 17.1 Å². The van der Waals surface area contributed by atoms with Gasteiger partial charge in [0, 0.05) is 12.7 Å². The Labute approximate surface area is 105 Å². The van der Waals surface area contributed by atoms with Crippen molar-refractivity contribution in [2.24, 2.45) is 0 Å². The largest absolute Gasteiger partial charge is 0.396 e. The summed E-state index contributed by atoms with van der Waals surface area (Å²) in [6.45, 7) is 0. The maximum atomic E-state index is 13.2. The Morgan fingerprint density at radius 2 is 1.94 bits per heavy atom. The van der Waals surface area contributed by atoms with Crippen LogP contribution in [-0.2, 0) is 0 Å². The normalized spacial score (nSPS) is 9.83. The number of nitrogen functional groups attached to an aromatic ring is 1. The second-order valence-electron chi connectivity index (χ2n) is 3.89. The topological polar surface area (TPSA) is 53.0 Å². The van der Waals surface area contributed by atoms with Crippen molar-refractivity contribution in [3.63, 3.8) is 0 Å². The predicted molar refractivity (Wildman–Crippen MR) is 70.0 cm³/mol. The summed E-state index contributed by atoms with van der Waals surface area (Å²) in [5, 5.41) is 8.93. The molecule has 2 rings (SSSR count). The molecule has 0 atom stereocenters. The van der Waals surface area contributed by atoms with Crippen LogP contribution < -0.4 is 10.6 Å². The summed E-state index contributed by atoms with van der Waals surface area (Å²) in [6, 6.07) is 13.4. The molecular formula is C14H12FN3. The van der Waals surface area contributed by atoms with E-state index in [0.29, 0.717) is 22.6 Å². The molecule has 0 saturated heterocycles. The minimum atomic E-state index is -0.311. The molecular weight excluding hydrogens is 229 g/mol. The monoisotopic (exact) mass is 241 g/mol. The molecule has 0 aromatic heterocycles. The summed E-state index contributed by atoms with van der Waals surface area (Å²) in [6.07, 6.45) is 0. The Morgan fingerprint density at radius 1 is 1.22 bits per heavy atom. The summed E-state index contributed by atoms with van der Waals surface area (Å²) in [5.74, 6) is -0.311. The molecule has 0 unspecified atom stereocenters. The van der Waals surface area contributed by atoms with Gasteiger partial charge in [0.1, 0.15) is 11.9 Å². The van der Waals surface area contributed by atoms with Crippen molar-refractivity contribution in [2.75, 3.05) is 17.7 Å². The highest BCUT2D eigenvalue weighted by atomic mass is 19.1. The molecule has 0 aliphatic carbocycles. The molecule has 0 aliphatic heterocycles. The Hall–Kier alpha value is -2.54. The van der Waals surface area contributed by atoms with Crippen LogP contribution in [-0.4, -0.2) is 7.05 Å². The van der Waals surface area contributed by atoms with E-state index >= 15 is 0 Å². The Balaban J connectivity index is 2.47. The van der Waals surface area contributed by atoms with Crippen LogP contribution in [0.25, 0.3) is 0 Å². The Kier molecular flexibility index (Phi) is 3.16. The van der Waals surface area contributed by atoms with Gasteiger partial charge in [-0.15, -0.1) is 0 Å². The van der Waals surface area contributed by atoms with Crippen LogP contribution >= 0.6 is 0 Å². The molecule has 90 valence electrons. The quantitative estimate of drug-likeness (QED) is 0.822. The molecule has 0 spiro atoms. The first kappa shape index (κ1) is 11.9. The van der Waals surface area contributed by atoms with Crippen molar-refractivity contribution in [1.82, 2.24) is 0 Å². The lowest BCUT2D eigenvalue weighted by atomic mass is 10.1. The number of nitriles is 1. The zero-order valence-corrected chi connectivity index (χ0v) is 9.89. The van der Waals surface area contributed by atoms with E-state index in [4.69, 9.17) is 11.0 Å². The third-order valence-corrected chi connectivity index (χ3v) is 2.76. The molecule has 4 heteroatoms. The molecule has 0 fully saturated rings. The number of hydrogen-bond acceptors (Lipinski definition) is 3. The van der Waals surface area contributed by atoms with Gasteiger partial charge in [0.05, 0.1) is 16.9 Å². The zero-order chi connectivity index (χ0) is 13.1. The number of benzene rings is 2. The average Bonchev–Trinajstić information content (AvgIpc) is 2.38. The molecule has 0 saturated carbocycles.